The molecule has 3 aromatic rings. The number of aromatic nitrogens is 2. The Hall–Kier alpha value is -4.01. The number of para-hydroxylation sites is 1. The molecule has 0 unspecified atom stereocenters. The average Bonchev–Trinajstić information content (AvgIpc) is 2.74. The van der Waals surface area contributed by atoms with Gasteiger partial charge in [-0.05, 0) is 50.2 Å². The highest BCUT2D eigenvalue weighted by Gasteiger charge is 2.23. The number of carbonyl (C=O) groups excluding carboxylic acids is 2. The van der Waals surface area contributed by atoms with E-state index in [-0.39, 0.29) is 5.69 Å². The van der Waals surface area contributed by atoms with Gasteiger partial charge in [0.25, 0.3) is 5.91 Å². The van der Waals surface area contributed by atoms with E-state index < -0.39 is 34.9 Å². The molecule has 1 heterocycles. The van der Waals surface area contributed by atoms with Crippen molar-refractivity contribution in [2.75, 3.05) is 24.3 Å². The second kappa shape index (κ2) is 9.42. The molecule has 1 atom stereocenters. The third-order valence-electron chi connectivity index (χ3n) is 4.69. The number of anilines is 2. The number of halogens is 1. The average molecular weight is 438 g/mol. The van der Waals surface area contributed by atoms with Gasteiger partial charge in [-0.3, -0.25) is 9.59 Å². The number of nitrogens with one attached hydrogen (secondary N) is 1. The lowest BCUT2D eigenvalue weighted by Crippen LogP contribution is -2.33. The number of ether oxygens (including phenoxy) is 1. The van der Waals surface area contributed by atoms with Crippen molar-refractivity contribution in [3.63, 3.8) is 0 Å². The first kappa shape index (κ1) is 22.7. The monoisotopic (exact) mass is 438 g/mol. The minimum absolute atomic E-state index is 0.0750. The number of hydrogen-bond acceptors (Lipinski definition) is 6. The SMILES string of the molecule is Cc1cc(=O)c(C(=O)O[C@@H](C)C(=O)Nc2ccc(N(C)C)cc2)nn1-c1ccccc1F. The highest BCUT2D eigenvalue weighted by Crippen LogP contribution is 2.16. The van der Waals surface area contributed by atoms with Gasteiger partial charge in [-0.2, -0.15) is 5.10 Å². The molecule has 1 amide bonds. The molecule has 8 nitrogen and oxygen atoms in total. The summed E-state index contributed by atoms with van der Waals surface area (Å²) in [5.41, 5.74) is 0.661. The van der Waals surface area contributed by atoms with E-state index in [0.29, 0.717) is 11.4 Å². The smallest absolute Gasteiger partial charge is 0.363 e. The zero-order valence-electron chi connectivity index (χ0n) is 18.1. The van der Waals surface area contributed by atoms with Crippen LogP contribution in [0.5, 0.6) is 0 Å². The zero-order valence-corrected chi connectivity index (χ0v) is 18.1. The molecule has 0 aliphatic heterocycles. The van der Waals surface area contributed by atoms with Crippen molar-refractivity contribution in [1.29, 1.82) is 0 Å². The molecule has 166 valence electrons. The maximum atomic E-state index is 14.2. The number of hydrogen-bond donors (Lipinski definition) is 1. The summed E-state index contributed by atoms with van der Waals surface area (Å²) in [6, 6.07) is 14.1. The fourth-order valence-electron chi connectivity index (χ4n) is 2.91. The Bertz CT molecular complexity index is 1210. The van der Waals surface area contributed by atoms with Crippen LogP contribution in [-0.4, -0.2) is 41.9 Å². The van der Waals surface area contributed by atoms with Gasteiger partial charge < -0.3 is 15.0 Å². The molecule has 0 bridgehead atoms. The molecule has 1 aromatic heterocycles. The molecule has 0 saturated carbocycles. The Labute approximate surface area is 184 Å². The molecule has 9 heteroatoms. The summed E-state index contributed by atoms with van der Waals surface area (Å²) in [5, 5.41) is 6.62. The molecule has 3 rings (SSSR count). The van der Waals surface area contributed by atoms with Gasteiger partial charge in [0.1, 0.15) is 11.5 Å². The summed E-state index contributed by atoms with van der Waals surface area (Å²) < 4.78 is 20.5. The number of carbonyl (C=O) groups is 2. The van der Waals surface area contributed by atoms with E-state index in [1.54, 1.807) is 25.1 Å². The number of amides is 1. The van der Waals surface area contributed by atoms with Crippen LogP contribution in [0.25, 0.3) is 5.69 Å². The van der Waals surface area contributed by atoms with Crippen LogP contribution in [0.3, 0.4) is 0 Å². The van der Waals surface area contributed by atoms with E-state index in [9.17, 15) is 18.8 Å². The topological polar surface area (TPSA) is 93.5 Å². The van der Waals surface area contributed by atoms with Crippen LogP contribution < -0.4 is 15.6 Å². The van der Waals surface area contributed by atoms with Gasteiger partial charge in [0.05, 0.1) is 0 Å². The van der Waals surface area contributed by atoms with E-state index in [1.165, 1.54) is 25.1 Å². The van der Waals surface area contributed by atoms with Gasteiger partial charge in [-0.1, -0.05) is 12.1 Å². The fourth-order valence-corrected chi connectivity index (χ4v) is 2.91. The molecule has 0 saturated heterocycles. The molecule has 0 radical (unpaired) electrons. The van der Waals surface area contributed by atoms with Gasteiger partial charge >= 0.3 is 5.97 Å². The second-order valence-electron chi connectivity index (χ2n) is 7.34. The van der Waals surface area contributed by atoms with Crippen molar-refractivity contribution < 1.29 is 18.7 Å². The molecule has 0 spiro atoms. The van der Waals surface area contributed by atoms with Gasteiger partial charge in [0.2, 0.25) is 11.1 Å². The van der Waals surface area contributed by atoms with Gasteiger partial charge in [-0.15, -0.1) is 0 Å². The zero-order chi connectivity index (χ0) is 23.4. The minimum atomic E-state index is -1.19. The van der Waals surface area contributed by atoms with Crippen LogP contribution in [0.1, 0.15) is 23.1 Å². The molecule has 0 aliphatic carbocycles. The Kier molecular flexibility index (Phi) is 6.67. The van der Waals surface area contributed by atoms with Crippen molar-refractivity contribution in [3.05, 3.63) is 82.0 Å². The normalized spacial score (nSPS) is 11.5. The van der Waals surface area contributed by atoms with Crippen molar-refractivity contribution in [2.45, 2.75) is 20.0 Å². The summed E-state index contributed by atoms with van der Waals surface area (Å²) in [6.07, 6.45) is -1.19. The third kappa shape index (κ3) is 5.00. The third-order valence-corrected chi connectivity index (χ3v) is 4.69. The van der Waals surface area contributed by atoms with Crippen LogP contribution in [-0.2, 0) is 9.53 Å². The maximum absolute atomic E-state index is 14.2. The summed E-state index contributed by atoms with van der Waals surface area (Å²) in [4.78, 5) is 39.2. The van der Waals surface area contributed by atoms with Crippen molar-refractivity contribution in [2.24, 2.45) is 0 Å². The highest BCUT2D eigenvalue weighted by atomic mass is 19.1. The first-order valence-electron chi connectivity index (χ1n) is 9.82. The van der Waals surface area contributed by atoms with E-state index in [1.807, 2.05) is 31.1 Å². The number of esters is 1. The van der Waals surface area contributed by atoms with Crippen LogP contribution >= 0.6 is 0 Å². The lowest BCUT2D eigenvalue weighted by molar-refractivity contribution is -0.123. The van der Waals surface area contributed by atoms with Crippen LogP contribution in [0.15, 0.2) is 59.4 Å². The van der Waals surface area contributed by atoms with E-state index in [2.05, 4.69) is 10.4 Å². The van der Waals surface area contributed by atoms with Crippen LogP contribution in [0, 0.1) is 12.7 Å². The minimum Gasteiger partial charge on any atom is -0.448 e. The Morgan fingerprint density at radius 2 is 1.78 bits per heavy atom. The molecule has 32 heavy (non-hydrogen) atoms. The predicted molar refractivity (Wildman–Crippen MR) is 119 cm³/mol. The molecular formula is C23H23FN4O4. The Balaban J connectivity index is 1.76. The standard InChI is InChI=1S/C23H23FN4O4/c1-14-13-20(29)21(26-28(14)19-8-6-5-7-18(19)24)23(31)32-15(2)22(30)25-16-9-11-17(12-10-16)27(3)4/h5-13,15H,1-4H3,(H,25,30)/t15-/m0/s1. The van der Waals surface area contributed by atoms with Crippen molar-refractivity contribution in [1.82, 2.24) is 9.78 Å². The van der Waals surface area contributed by atoms with E-state index >= 15 is 0 Å². The summed E-state index contributed by atoms with van der Waals surface area (Å²) in [7, 11) is 3.79. The largest absolute Gasteiger partial charge is 0.448 e. The number of aryl methyl sites for hydroxylation is 1. The first-order valence-corrected chi connectivity index (χ1v) is 9.82. The second-order valence-corrected chi connectivity index (χ2v) is 7.34. The Morgan fingerprint density at radius 3 is 2.41 bits per heavy atom. The van der Waals surface area contributed by atoms with Gasteiger partial charge in [-0.25, -0.2) is 13.9 Å². The van der Waals surface area contributed by atoms with E-state index in [0.717, 1.165) is 16.4 Å². The molecule has 0 fully saturated rings. The lowest BCUT2D eigenvalue weighted by atomic mass is 10.2. The van der Waals surface area contributed by atoms with Gasteiger partial charge in [0, 0.05) is 37.2 Å². The quantitative estimate of drug-likeness (QED) is 0.595. The fraction of sp³-hybridized carbons (Fsp3) is 0.217. The summed E-state index contributed by atoms with van der Waals surface area (Å²) in [6.45, 7) is 2.94. The first-order chi connectivity index (χ1) is 15.2. The maximum Gasteiger partial charge on any atom is 0.363 e. The number of rotatable bonds is 6. The summed E-state index contributed by atoms with van der Waals surface area (Å²) in [5.74, 6) is -2.22. The summed E-state index contributed by atoms with van der Waals surface area (Å²) >= 11 is 0. The number of benzene rings is 2. The number of nitrogens with zero attached hydrogens (tertiary/aromatic N) is 3. The molecule has 0 aliphatic rings. The Morgan fingerprint density at radius 1 is 1.12 bits per heavy atom. The molecule has 1 N–H and O–H groups in total. The predicted octanol–water partition coefficient (Wildman–Crippen LogP) is 2.93. The van der Waals surface area contributed by atoms with Gasteiger partial charge in [0.15, 0.2) is 6.10 Å². The van der Waals surface area contributed by atoms with E-state index in [4.69, 9.17) is 4.74 Å². The molecular weight excluding hydrogens is 415 g/mol. The van der Waals surface area contributed by atoms with Crippen LogP contribution in [0.2, 0.25) is 0 Å². The van der Waals surface area contributed by atoms with Crippen molar-refractivity contribution in [3.8, 4) is 5.69 Å². The van der Waals surface area contributed by atoms with Crippen molar-refractivity contribution >= 4 is 23.3 Å². The lowest BCUT2D eigenvalue weighted by Gasteiger charge is -2.16. The van der Waals surface area contributed by atoms with Crippen LogP contribution in [0.4, 0.5) is 15.8 Å². The molecule has 2 aromatic carbocycles. The highest BCUT2D eigenvalue weighted by molar-refractivity contribution is 5.96.